The van der Waals surface area contributed by atoms with Gasteiger partial charge in [0.05, 0.1) is 5.56 Å². The van der Waals surface area contributed by atoms with Gasteiger partial charge in [0.1, 0.15) is 11.1 Å². The summed E-state index contributed by atoms with van der Waals surface area (Å²) in [5.41, 5.74) is 1.05. The van der Waals surface area contributed by atoms with Gasteiger partial charge in [0.25, 0.3) is 5.89 Å². The Morgan fingerprint density at radius 2 is 1.90 bits per heavy atom. The number of hydrogen-bond acceptors (Lipinski definition) is 7. The second-order valence-corrected chi connectivity index (χ2v) is 7.64. The largest absolute Gasteiger partial charge is 0.419 e. The van der Waals surface area contributed by atoms with Crippen LogP contribution in [0.2, 0.25) is 5.02 Å². The molecule has 0 aliphatic heterocycles. The molecular formula is C19H14ClFN6OS. The number of benzene rings is 1. The van der Waals surface area contributed by atoms with Crippen LogP contribution in [0.4, 0.5) is 4.39 Å². The van der Waals surface area contributed by atoms with E-state index in [0.717, 1.165) is 24.2 Å². The fraction of sp³-hybridized carbons (Fsp3) is 0.211. The van der Waals surface area contributed by atoms with Crippen molar-refractivity contribution in [1.82, 2.24) is 29.9 Å². The molecule has 29 heavy (non-hydrogen) atoms. The molecular weight excluding hydrogens is 415 g/mol. The van der Waals surface area contributed by atoms with E-state index in [2.05, 4.69) is 42.6 Å². The molecule has 0 amide bonds. The molecule has 0 spiro atoms. The molecule has 3 aromatic heterocycles. The van der Waals surface area contributed by atoms with E-state index in [9.17, 15) is 4.39 Å². The first-order valence-electron chi connectivity index (χ1n) is 8.94. The van der Waals surface area contributed by atoms with Crippen LogP contribution < -0.4 is 0 Å². The lowest BCUT2D eigenvalue weighted by molar-refractivity contribution is 0.501. The van der Waals surface area contributed by atoms with Crippen LogP contribution in [0.25, 0.3) is 22.8 Å². The average Bonchev–Trinajstić information content (AvgIpc) is 3.29. The fourth-order valence-electron chi connectivity index (χ4n) is 3.11. The van der Waals surface area contributed by atoms with E-state index in [1.807, 2.05) is 12.1 Å². The van der Waals surface area contributed by atoms with Crippen LogP contribution in [-0.2, 0) is 0 Å². The Labute approximate surface area is 175 Å². The van der Waals surface area contributed by atoms with Gasteiger partial charge >= 0.3 is 0 Å². The lowest BCUT2D eigenvalue weighted by Crippen LogP contribution is -2.07. The van der Waals surface area contributed by atoms with E-state index in [-0.39, 0.29) is 17.3 Å². The van der Waals surface area contributed by atoms with Crippen LogP contribution in [0.5, 0.6) is 0 Å². The van der Waals surface area contributed by atoms with Crippen molar-refractivity contribution >= 4 is 24.2 Å². The fourth-order valence-corrected chi connectivity index (χ4v) is 3.56. The van der Waals surface area contributed by atoms with Crippen LogP contribution in [0.15, 0.2) is 47.1 Å². The summed E-state index contributed by atoms with van der Waals surface area (Å²) in [4.78, 5) is 4.05. The molecule has 1 fully saturated rings. The molecule has 0 radical (unpaired) electrons. The molecule has 1 aromatic carbocycles. The van der Waals surface area contributed by atoms with Gasteiger partial charge in [-0.05, 0) is 43.2 Å². The Morgan fingerprint density at radius 1 is 1.10 bits per heavy atom. The molecule has 7 nitrogen and oxygen atoms in total. The van der Waals surface area contributed by atoms with E-state index in [1.54, 1.807) is 12.4 Å². The quantitative estimate of drug-likeness (QED) is 0.470. The second-order valence-electron chi connectivity index (χ2n) is 6.69. The molecule has 3 heterocycles. The van der Waals surface area contributed by atoms with E-state index in [4.69, 9.17) is 16.0 Å². The van der Waals surface area contributed by atoms with Crippen LogP contribution in [0, 0.1) is 5.82 Å². The topological polar surface area (TPSA) is 82.5 Å². The molecule has 0 bridgehead atoms. The normalized spacial score (nSPS) is 14.9. The van der Waals surface area contributed by atoms with Gasteiger partial charge < -0.3 is 8.98 Å². The summed E-state index contributed by atoms with van der Waals surface area (Å²) < 4.78 is 21.9. The summed E-state index contributed by atoms with van der Waals surface area (Å²) in [6.07, 6.45) is 5.49. The average molecular weight is 429 g/mol. The van der Waals surface area contributed by atoms with Crippen molar-refractivity contribution in [2.24, 2.45) is 0 Å². The lowest BCUT2D eigenvalue weighted by atomic mass is 10.2. The van der Waals surface area contributed by atoms with E-state index in [1.165, 1.54) is 18.2 Å². The number of pyridine rings is 1. The van der Waals surface area contributed by atoms with Crippen LogP contribution in [0.1, 0.15) is 35.8 Å². The number of thiol groups is 1. The molecule has 146 valence electrons. The zero-order valence-electron chi connectivity index (χ0n) is 14.9. The highest BCUT2D eigenvalue weighted by molar-refractivity contribution is 7.80. The number of aromatic nitrogens is 6. The van der Waals surface area contributed by atoms with Gasteiger partial charge in [-0.3, -0.25) is 4.98 Å². The van der Waals surface area contributed by atoms with Crippen molar-refractivity contribution in [2.75, 3.05) is 0 Å². The molecule has 1 aliphatic rings. The number of nitrogens with zero attached hydrogens (tertiary/aromatic N) is 6. The molecule has 1 saturated carbocycles. The number of halogens is 2. The summed E-state index contributed by atoms with van der Waals surface area (Å²) in [5, 5.41) is 16.5. The summed E-state index contributed by atoms with van der Waals surface area (Å²) >= 11 is 10.6. The molecule has 0 saturated heterocycles. The smallest absolute Gasteiger partial charge is 0.250 e. The van der Waals surface area contributed by atoms with Crippen molar-refractivity contribution in [3.05, 3.63) is 65.3 Å². The summed E-state index contributed by atoms with van der Waals surface area (Å²) in [6, 6.07) is 8.21. The minimum Gasteiger partial charge on any atom is -0.419 e. The standard InChI is InChI=1S/C19H14ClFN6OS/c20-11-1-4-14(21)13(9-11)18-25-26-19(28-18)15(29)17-24-23-16(27(17)12-2-3-12)10-5-7-22-8-6-10/h1,4-9,12,15,29H,2-3H2. The molecule has 10 heteroatoms. The molecule has 4 aromatic rings. The summed E-state index contributed by atoms with van der Waals surface area (Å²) in [6.45, 7) is 0. The van der Waals surface area contributed by atoms with Crippen molar-refractivity contribution < 1.29 is 8.81 Å². The highest BCUT2D eigenvalue weighted by Gasteiger charge is 2.34. The third-order valence-corrected chi connectivity index (χ3v) is 5.34. The van der Waals surface area contributed by atoms with Crippen molar-refractivity contribution in [3.63, 3.8) is 0 Å². The second kappa shape index (κ2) is 7.23. The highest BCUT2D eigenvalue weighted by Crippen LogP contribution is 2.42. The van der Waals surface area contributed by atoms with Gasteiger partial charge in [-0.1, -0.05) is 11.6 Å². The molecule has 0 N–H and O–H groups in total. The van der Waals surface area contributed by atoms with Gasteiger partial charge in [0, 0.05) is 29.0 Å². The van der Waals surface area contributed by atoms with Crippen LogP contribution in [-0.4, -0.2) is 29.9 Å². The molecule has 1 aliphatic carbocycles. The van der Waals surface area contributed by atoms with Crippen LogP contribution in [0.3, 0.4) is 0 Å². The van der Waals surface area contributed by atoms with Crippen molar-refractivity contribution in [3.8, 4) is 22.8 Å². The minimum atomic E-state index is -0.609. The highest BCUT2D eigenvalue weighted by atomic mass is 35.5. The first-order valence-corrected chi connectivity index (χ1v) is 9.83. The first kappa shape index (κ1) is 18.3. The van der Waals surface area contributed by atoms with Crippen molar-refractivity contribution in [2.45, 2.75) is 24.1 Å². The van der Waals surface area contributed by atoms with E-state index >= 15 is 0 Å². The third-order valence-electron chi connectivity index (χ3n) is 4.65. The van der Waals surface area contributed by atoms with Crippen molar-refractivity contribution in [1.29, 1.82) is 0 Å². The van der Waals surface area contributed by atoms with Gasteiger partial charge in [-0.25, -0.2) is 4.39 Å². The Hall–Kier alpha value is -2.78. The lowest BCUT2D eigenvalue weighted by Gasteiger charge is -2.11. The Kier molecular flexibility index (Phi) is 4.56. The predicted molar refractivity (Wildman–Crippen MR) is 107 cm³/mol. The minimum absolute atomic E-state index is 0.0332. The van der Waals surface area contributed by atoms with Crippen LogP contribution >= 0.6 is 24.2 Å². The van der Waals surface area contributed by atoms with E-state index in [0.29, 0.717) is 16.9 Å². The van der Waals surface area contributed by atoms with Gasteiger partial charge in [-0.15, -0.1) is 20.4 Å². The predicted octanol–water partition coefficient (Wildman–Crippen LogP) is 4.54. The molecule has 1 atom stereocenters. The van der Waals surface area contributed by atoms with E-state index < -0.39 is 11.1 Å². The maximum absolute atomic E-state index is 14.1. The SMILES string of the molecule is Fc1ccc(Cl)cc1-c1nnc(C(S)c2nnc(-c3ccncc3)n2C2CC2)o1. The number of rotatable bonds is 5. The van der Waals surface area contributed by atoms with Gasteiger partial charge in [-0.2, -0.15) is 12.6 Å². The summed E-state index contributed by atoms with van der Waals surface area (Å²) in [5.74, 6) is 1.08. The Morgan fingerprint density at radius 3 is 2.66 bits per heavy atom. The third kappa shape index (κ3) is 3.40. The Bertz CT molecular complexity index is 1180. The maximum Gasteiger partial charge on any atom is 0.250 e. The summed E-state index contributed by atoms with van der Waals surface area (Å²) in [7, 11) is 0. The first-order chi connectivity index (χ1) is 14.1. The van der Waals surface area contributed by atoms with Gasteiger partial charge in [0.2, 0.25) is 5.89 Å². The monoisotopic (exact) mass is 428 g/mol. The zero-order valence-corrected chi connectivity index (χ0v) is 16.6. The zero-order chi connectivity index (χ0) is 20.0. The van der Waals surface area contributed by atoms with Gasteiger partial charge in [0.15, 0.2) is 11.6 Å². The maximum atomic E-state index is 14.1. The number of hydrogen-bond donors (Lipinski definition) is 1. The Balaban J connectivity index is 1.52. The molecule has 5 rings (SSSR count). The molecule has 1 unspecified atom stereocenters.